The van der Waals surface area contributed by atoms with Gasteiger partial charge in [-0.05, 0) is 89.2 Å². The lowest BCUT2D eigenvalue weighted by atomic mass is 9.71. The predicted molar refractivity (Wildman–Crippen MR) is 142 cm³/mol. The van der Waals surface area contributed by atoms with Crippen LogP contribution in [0.15, 0.2) is 24.3 Å². The lowest BCUT2D eigenvalue weighted by molar-refractivity contribution is 0.0631. The number of carbonyl (C=O) groups is 1. The van der Waals surface area contributed by atoms with E-state index in [2.05, 4.69) is 58.5 Å². The average Bonchev–Trinajstić information content (AvgIpc) is 3.16. The summed E-state index contributed by atoms with van der Waals surface area (Å²) in [5.41, 5.74) is 2.51. The highest BCUT2D eigenvalue weighted by molar-refractivity contribution is 7.21. The summed E-state index contributed by atoms with van der Waals surface area (Å²) in [7, 11) is 0. The Morgan fingerprint density at radius 1 is 1.06 bits per heavy atom. The largest absolute Gasteiger partial charge is 0.381 e. The van der Waals surface area contributed by atoms with Crippen LogP contribution in [-0.2, 0) is 0 Å². The summed E-state index contributed by atoms with van der Waals surface area (Å²) in [6.07, 6.45) is 5.22. The SMILES string of the molecule is CC(C)N1CCC2(CCN(c3ccc4c(ccc5sc6c(c54)NC[C@@H](C)NC6=O)n3)CC2)CC1. The van der Waals surface area contributed by atoms with Crippen molar-refractivity contribution in [3.63, 3.8) is 0 Å². The van der Waals surface area contributed by atoms with E-state index in [-0.39, 0.29) is 11.9 Å². The minimum absolute atomic E-state index is 0.0212. The summed E-state index contributed by atoms with van der Waals surface area (Å²) >= 11 is 1.57. The number of carbonyl (C=O) groups excluding carboxylic acids is 1. The van der Waals surface area contributed by atoms with E-state index in [9.17, 15) is 4.79 Å². The van der Waals surface area contributed by atoms with Crippen LogP contribution in [0.3, 0.4) is 0 Å². The Morgan fingerprint density at radius 2 is 1.79 bits per heavy atom. The van der Waals surface area contributed by atoms with Crippen LogP contribution in [0.1, 0.15) is 56.1 Å². The first-order chi connectivity index (χ1) is 16.4. The number of piperidine rings is 2. The molecular weight excluding hydrogens is 442 g/mol. The monoisotopic (exact) mass is 477 g/mol. The summed E-state index contributed by atoms with van der Waals surface area (Å²) < 4.78 is 1.14. The van der Waals surface area contributed by atoms with Gasteiger partial charge < -0.3 is 20.4 Å². The van der Waals surface area contributed by atoms with Crippen LogP contribution in [-0.4, -0.2) is 60.6 Å². The number of hydrogen-bond donors (Lipinski definition) is 2. The van der Waals surface area contributed by atoms with E-state index in [1.165, 1.54) is 38.8 Å². The van der Waals surface area contributed by atoms with Crippen LogP contribution in [0, 0.1) is 5.41 Å². The molecule has 2 fully saturated rings. The number of rotatable bonds is 2. The smallest absolute Gasteiger partial charge is 0.263 e. The molecule has 6 rings (SSSR count). The van der Waals surface area contributed by atoms with E-state index in [1.807, 2.05) is 6.92 Å². The van der Waals surface area contributed by atoms with Gasteiger partial charge in [0.25, 0.3) is 5.91 Å². The van der Waals surface area contributed by atoms with E-state index in [4.69, 9.17) is 4.98 Å². The number of amides is 1. The van der Waals surface area contributed by atoms with Crippen molar-refractivity contribution in [2.45, 2.75) is 58.5 Å². The zero-order valence-corrected chi connectivity index (χ0v) is 21.3. The summed E-state index contributed by atoms with van der Waals surface area (Å²) in [6.45, 7) is 12.1. The number of aromatic nitrogens is 1. The molecule has 2 N–H and O–H groups in total. The maximum atomic E-state index is 12.7. The topological polar surface area (TPSA) is 60.5 Å². The third-order valence-corrected chi connectivity index (χ3v) is 9.57. The third kappa shape index (κ3) is 3.73. The Bertz CT molecular complexity index is 1230. The molecular formula is C27H35N5OS. The molecule has 34 heavy (non-hydrogen) atoms. The Labute approximate surface area is 205 Å². The average molecular weight is 478 g/mol. The fourth-order valence-corrected chi connectivity index (χ4v) is 7.21. The molecule has 0 unspecified atom stereocenters. The van der Waals surface area contributed by atoms with E-state index >= 15 is 0 Å². The van der Waals surface area contributed by atoms with Gasteiger partial charge in [-0.1, -0.05) is 0 Å². The molecule has 2 aromatic heterocycles. The highest BCUT2D eigenvalue weighted by Gasteiger charge is 2.38. The van der Waals surface area contributed by atoms with E-state index in [0.717, 1.165) is 57.0 Å². The molecule has 6 nitrogen and oxygen atoms in total. The minimum atomic E-state index is 0.0212. The van der Waals surface area contributed by atoms with Crippen LogP contribution in [0.2, 0.25) is 0 Å². The Kier molecular flexibility index (Phi) is 5.45. The van der Waals surface area contributed by atoms with Gasteiger partial charge in [0.2, 0.25) is 0 Å². The minimum Gasteiger partial charge on any atom is -0.381 e. The summed E-state index contributed by atoms with van der Waals surface area (Å²) in [5, 5.41) is 8.86. The van der Waals surface area contributed by atoms with Crippen molar-refractivity contribution in [3.05, 3.63) is 29.1 Å². The number of nitrogens with zero attached hydrogens (tertiary/aromatic N) is 3. The fraction of sp³-hybridized carbons (Fsp3) is 0.556. The molecule has 7 heteroatoms. The number of likely N-dealkylation sites (tertiary alicyclic amines) is 1. The molecule has 2 saturated heterocycles. The first-order valence-corrected chi connectivity index (χ1v) is 13.6. The zero-order chi connectivity index (χ0) is 23.4. The maximum absolute atomic E-state index is 12.7. The number of pyridine rings is 1. The molecule has 0 bridgehead atoms. The number of hydrogen-bond acceptors (Lipinski definition) is 6. The number of thiophene rings is 1. The van der Waals surface area contributed by atoms with Gasteiger partial charge in [0.1, 0.15) is 10.7 Å². The van der Waals surface area contributed by atoms with Crippen molar-refractivity contribution >= 4 is 49.7 Å². The van der Waals surface area contributed by atoms with Crippen molar-refractivity contribution in [1.29, 1.82) is 0 Å². The summed E-state index contributed by atoms with van der Waals surface area (Å²) in [5.74, 6) is 1.11. The molecule has 3 aliphatic rings. The summed E-state index contributed by atoms with van der Waals surface area (Å²) in [4.78, 5) is 23.7. The lowest BCUT2D eigenvalue weighted by Crippen LogP contribution is -2.48. The second-order valence-corrected chi connectivity index (χ2v) is 11.9. The molecule has 180 valence electrons. The van der Waals surface area contributed by atoms with Crippen molar-refractivity contribution < 1.29 is 4.79 Å². The first kappa shape index (κ1) is 22.1. The van der Waals surface area contributed by atoms with Gasteiger partial charge in [-0.2, -0.15) is 0 Å². The van der Waals surface area contributed by atoms with Gasteiger partial charge in [-0.3, -0.25) is 4.79 Å². The van der Waals surface area contributed by atoms with Crippen molar-refractivity contribution in [3.8, 4) is 0 Å². The summed E-state index contributed by atoms with van der Waals surface area (Å²) in [6, 6.07) is 9.42. The van der Waals surface area contributed by atoms with Crippen LogP contribution in [0.25, 0.3) is 21.0 Å². The lowest BCUT2D eigenvalue weighted by Gasteiger charge is -2.48. The zero-order valence-electron chi connectivity index (χ0n) is 20.5. The van der Waals surface area contributed by atoms with Gasteiger partial charge in [0.15, 0.2) is 0 Å². The van der Waals surface area contributed by atoms with Crippen LogP contribution < -0.4 is 15.5 Å². The first-order valence-electron chi connectivity index (χ1n) is 12.8. The Balaban J connectivity index is 1.25. The second kappa shape index (κ2) is 8.38. The van der Waals surface area contributed by atoms with Crippen molar-refractivity contribution in [1.82, 2.24) is 15.2 Å². The van der Waals surface area contributed by atoms with Crippen molar-refractivity contribution in [2.24, 2.45) is 5.41 Å². The predicted octanol–water partition coefficient (Wildman–Crippen LogP) is 5.08. The maximum Gasteiger partial charge on any atom is 0.263 e. The number of nitrogens with one attached hydrogen (secondary N) is 2. The van der Waals surface area contributed by atoms with E-state index in [1.54, 1.807) is 11.3 Å². The molecule has 1 spiro atoms. The second-order valence-electron chi connectivity index (χ2n) is 10.9. The Morgan fingerprint density at radius 3 is 2.53 bits per heavy atom. The van der Waals surface area contributed by atoms with E-state index in [0.29, 0.717) is 11.5 Å². The molecule has 0 saturated carbocycles. The Hall–Kier alpha value is -2.38. The fourth-order valence-electron chi connectivity index (χ4n) is 6.12. The van der Waals surface area contributed by atoms with Crippen LogP contribution >= 0.6 is 11.3 Å². The van der Waals surface area contributed by atoms with Crippen molar-refractivity contribution in [2.75, 3.05) is 42.9 Å². The highest BCUT2D eigenvalue weighted by atomic mass is 32.1. The van der Waals surface area contributed by atoms with Gasteiger partial charge in [0, 0.05) is 47.2 Å². The number of benzene rings is 1. The van der Waals surface area contributed by atoms with Gasteiger partial charge in [-0.15, -0.1) is 11.3 Å². The van der Waals surface area contributed by atoms with Gasteiger partial charge in [-0.25, -0.2) is 4.98 Å². The molecule has 5 heterocycles. The third-order valence-electron chi connectivity index (χ3n) is 8.41. The number of anilines is 2. The van der Waals surface area contributed by atoms with E-state index < -0.39 is 0 Å². The van der Waals surface area contributed by atoms with Crippen LogP contribution in [0.4, 0.5) is 11.5 Å². The van der Waals surface area contributed by atoms with Gasteiger partial charge >= 0.3 is 0 Å². The number of fused-ring (bicyclic) bond motifs is 5. The molecule has 0 radical (unpaired) electrons. The highest BCUT2D eigenvalue weighted by Crippen LogP contribution is 2.44. The quantitative estimate of drug-likeness (QED) is 0.539. The normalized spacial score (nSPS) is 23.2. The molecule has 1 amide bonds. The molecule has 0 aliphatic carbocycles. The van der Waals surface area contributed by atoms with Gasteiger partial charge in [0.05, 0.1) is 11.2 Å². The molecule has 1 atom stereocenters. The molecule has 1 aromatic carbocycles. The molecule has 3 aromatic rings. The van der Waals surface area contributed by atoms with Crippen LogP contribution in [0.5, 0.6) is 0 Å². The standard InChI is InChI=1S/C27H35N5OS/c1-17(2)31-12-8-27(9-13-31)10-14-32(15-11-27)22-7-4-19-20(30-22)5-6-21-23(19)24-25(34-21)26(33)29-18(3)16-28-24/h4-7,17-18,28H,8-16H2,1-3H3,(H,29,33)/t18-/m1/s1. The molecule has 3 aliphatic heterocycles.